The summed E-state index contributed by atoms with van der Waals surface area (Å²) in [7, 11) is -2.73. The molecular formula is C12H16ClNO5S. The van der Waals surface area contributed by atoms with Gasteiger partial charge in [-0.2, -0.15) is 0 Å². The Kier molecular flexibility index (Phi) is 5.94. The van der Waals surface area contributed by atoms with Crippen molar-refractivity contribution >= 4 is 27.6 Å². The molecule has 2 N–H and O–H groups in total. The van der Waals surface area contributed by atoms with Crippen LogP contribution in [0.25, 0.3) is 0 Å². The molecule has 0 saturated carbocycles. The summed E-state index contributed by atoms with van der Waals surface area (Å²) in [6.07, 6.45) is 0.421. The van der Waals surface area contributed by atoms with Crippen LogP contribution in [0.2, 0.25) is 5.02 Å². The average Bonchev–Trinajstić information content (AvgIpc) is 2.44. The molecule has 1 aromatic carbocycles. The molecule has 0 fully saturated rings. The van der Waals surface area contributed by atoms with Crippen molar-refractivity contribution in [3.05, 3.63) is 28.8 Å². The van der Waals surface area contributed by atoms with E-state index in [9.17, 15) is 13.2 Å². The number of carbonyl (C=O) groups excluding carboxylic acids is 1. The van der Waals surface area contributed by atoms with E-state index >= 15 is 0 Å². The molecule has 112 valence electrons. The van der Waals surface area contributed by atoms with Crippen molar-refractivity contribution in [1.82, 2.24) is 4.72 Å². The van der Waals surface area contributed by atoms with E-state index in [-0.39, 0.29) is 22.1 Å². The third-order valence-corrected chi connectivity index (χ3v) is 4.68. The van der Waals surface area contributed by atoms with Gasteiger partial charge in [0.1, 0.15) is 4.90 Å². The summed E-state index contributed by atoms with van der Waals surface area (Å²) in [6.45, 7) is 1.40. The standard InChI is InChI=1S/C12H16ClNO5S/c1-3-9(7-15)14-20(17,18)11-6-8(12(16)19-2)4-5-10(11)13/h4-6,9,14-15H,3,7H2,1-2H3/t9-/m1/s1. The summed E-state index contributed by atoms with van der Waals surface area (Å²) >= 11 is 5.86. The number of benzene rings is 1. The van der Waals surface area contributed by atoms with E-state index in [0.29, 0.717) is 6.42 Å². The van der Waals surface area contributed by atoms with Gasteiger partial charge < -0.3 is 9.84 Å². The highest BCUT2D eigenvalue weighted by Crippen LogP contribution is 2.23. The summed E-state index contributed by atoms with van der Waals surface area (Å²) in [5, 5.41) is 9.04. The average molecular weight is 322 g/mol. The lowest BCUT2D eigenvalue weighted by Crippen LogP contribution is -2.37. The molecule has 0 unspecified atom stereocenters. The fraction of sp³-hybridized carbons (Fsp3) is 0.417. The van der Waals surface area contributed by atoms with Gasteiger partial charge in [0.15, 0.2) is 0 Å². The maximum absolute atomic E-state index is 12.2. The highest BCUT2D eigenvalue weighted by Gasteiger charge is 2.23. The van der Waals surface area contributed by atoms with E-state index in [1.807, 2.05) is 0 Å². The summed E-state index contributed by atoms with van der Waals surface area (Å²) in [5.41, 5.74) is 0.0781. The summed E-state index contributed by atoms with van der Waals surface area (Å²) in [5.74, 6) is -0.660. The monoisotopic (exact) mass is 321 g/mol. The van der Waals surface area contributed by atoms with Gasteiger partial charge in [-0.15, -0.1) is 0 Å². The normalized spacial score (nSPS) is 13.0. The first kappa shape index (κ1) is 16.9. The molecule has 0 aliphatic carbocycles. The molecule has 0 saturated heterocycles. The minimum atomic E-state index is -3.93. The second-order valence-corrected chi connectivity index (χ2v) is 6.14. The van der Waals surface area contributed by atoms with E-state index in [1.54, 1.807) is 6.92 Å². The van der Waals surface area contributed by atoms with Gasteiger partial charge in [0.25, 0.3) is 0 Å². The molecule has 0 aliphatic rings. The number of esters is 1. The maximum atomic E-state index is 12.2. The molecule has 8 heteroatoms. The Bertz CT molecular complexity index is 584. The smallest absolute Gasteiger partial charge is 0.337 e. The number of carbonyl (C=O) groups is 1. The van der Waals surface area contributed by atoms with Gasteiger partial charge in [-0.05, 0) is 24.6 Å². The van der Waals surface area contributed by atoms with Crippen LogP contribution < -0.4 is 4.72 Å². The molecule has 6 nitrogen and oxygen atoms in total. The lowest BCUT2D eigenvalue weighted by atomic mass is 10.2. The van der Waals surface area contributed by atoms with Crippen molar-refractivity contribution in [3.63, 3.8) is 0 Å². The van der Waals surface area contributed by atoms with Crippen molar-refractivity contribution in [2.24, 2.45) is 0 Å². The van der Waals surface area contributed by atoms with Crippen molar-refractivity contribution < 1.29 is 23.1 Å². The summed E-state index contributed by atoms with van der Waals surface area (Å²) < 4.78 is 31.2. The van der Waals surface area contributed by atoms with Crippen molar-refractivity contribution in [1.29, 1.82) is 0 Å². The zero-order chi connectivity index (χ0) is 15.3. The molecular weight excluding hydrogens is 306 g/mol. The van der Waals surface area contributed by atoms with E-state index < -0.39 is 22.0 Å². The van der Waals surface area contributed by atoms with Crippen LogP contribution in [0.3, 0.4) is 0 Å². The van der Waals surface area contributed by atoms with Crippen LogP contribution in [-0.4, -0.2) is 39.3 Å². The molecule has 1 aromatic rings. The number of hydrogen-bond acceptors (Lipinski definition) is 5. The van der Waals surface area contributed by atoms with E-state index in [2.05, 4.69) is 9.46 Å². The Balaban J connectivity index is 3.20. The molecule has 0 amide bonds. The molecule has 1 rings (SSSR count). The Morgan fingerprint density at radius 2 is 2.15 bits per heavy atom. The Labute approximate surface area is 122 Å². The minimum absolute atomic E-state index is 0.0158. The number of rotatable bonds is 6. The van der Waals surface area contributed by atoms with E-state index in [0.717, 1.165) is 6.07 Å². The number of sulfonamides is 1. The fourth-order valence-electron chi connectivity index (χ4n) is 1.49. The molecule has 0 heterocycles. The van der Waals surface area contributed by atoms with Crippen LogP contribution in [0.1, 0.15) is 23.7 Å². The highest BCUT2D eigenvalue weighted by molar-refractivity contribution is 7.89. The second kappa shape index (κ2) is 7.03. The fourth-order valence-corrected chi connectivity index (χ4v) is 3.32. The Morgan fingerprint density at radius 1 is 1.50 bits per heavy atom. The number of nitrogens with one attached hydrogen (secondary N) is 1. The Morgan fingerprint density at radius 3 is 2.65 bits per heavy atom. The zero-order valence-electron chi connectivity index (χ0n) is 11.1. The van der Waals surface area contributed by atoms with Crippen LogP contribution in [0.5, 0.6) is 0 Å². The topological polar surface area (TPSA) is 92.7 Å². The van der Waals surface area contributed by atoms with Crippen LogP contribution >= 0.6 is 11.6 Å². The summed E-state index contributed by atoms with van der Waals surface area (Å²) in [6, 6.07) is 3.21. The minimum Gasteiger partial charge on any atom is -0.465 e. The summed E-state index contributed by atoms with van der Waals surface area (Å²) in [4.78, 5) is 11.2. The van der Waals surface area contributed by atoms with Crippen LogP contribution in [0, 0.1) is 0 Å². The SMILES string of the molecule is CC[C@H](CO)NS(=O)(=O)c1cc(C(=O)OC)ccc1Cl. The van der Waals surface area contributed by atoms with Gasteiger partial charge in [0.05, 0.1) is 24.3 Å². The second-order valence-electron chi connectivity index (χ2n) is 4.05. The predicted molar refractivity (Wildman–Crippen MR) is 74.3 cm³/mol. The third kappa shape index (κ3) is 3.92. The van der Waals surface area contributed by atoms with Crippen molar-refractivity contribution in [2.45, 2.75) is 24.3 Å². The number of hydrogen-bond donors (Lipinski definition) is 2. The first-order chi connectivity index (χ1) is 9.35. The predicted octanol–water partition coefficient (Wildman–Crippen LogP) is 1.18. The lowest BCUT2D eigenvalue weighted by Gasteiger charge is -2.15. The van der Waals surface area contributed by atoms with Crippen LogP contribution in [-0.2, 0) is 14.8 Å². The first-order valence-corrected chi connectivity index (χ1v) is 7.72. The molecule has 0 radical (unpaired) electrons. The number of halogens is 1. The molecule has 0 aliphatic heterocycles. The van der Waals surface area contributed by atoms with Gasteiger partial charge in [0.2, 0.25) is 10.0 Å². The number of ether oxygens (including phenoxy) is 1. The highest BCUT2D eigenvalue weighted by atomic mass is 35.5. The van der Waals surface area contributed by atoms with Crippen molar-refractivity contribution in [3.8, 4) is 0 Å². The van der Waals surface area contributed by atoms with Crippen molar-refractivity contribution in [2.75, 3.05) is 13.7 Å². The Hall–Kier alpha value is -1.15. The van der Waals surface area contributed by atoms with E-state index in [4.69, 9.17) is 16.7 Å². The van der Waals surface area contributed by atoms with Gasteiger partial charge >= 0.3 is 5.97 Å². The first-order valence-electron chi connectivity index (χ1n) is 5.86. The van der Waals surface area contributed by atoms with Crippen LogP contribution in [0.15, 0.2) is 23.1 Å². The molecule has 0 bridgehead atoms. The molecule has 20 heavy (non-hydrogen) atoms. The molecule has 1 atom stereocenters. The number of aliphatic hydroxyl groups is 1. The molecule has 0 spiro atoms. The van der Waals surface area contributed by atoms with Gasteiger partial charge in [-0.1, -0.05) is 18.5 Å². The van der Waals surface area contributed by atoms with Gasteiger partial charge in [0, 0.05) is 6.04 Å². The van der Waals surface area contributed by atoms with E-state index in [1.165, 1.54) is 19.2 Å². The zero-order valence-corrected chi connectivity index (χ0v) is 12.7. The number of aliphatic hydroxyl groups excluding tert-OH is 1. The van der Waals surface area contributed by atoms with Gasteiger partial charge in [-0.25, -0.2) is 17.9 Å². The maximum Gasteiger partial charge on any atom is 0.337 e. The molecule has 0 aromatic heterocycles. The quantitative estimate of drug-likeness (QED) is 0.767. The van der Waals surface area contributed by atoms with Crippen LogP contribution in [0.4, 0.5) is 0 Å². The lowest BCUT2D eigenvalue weighted by molar-refractivity contribution is 0.0600. The largest absolute Gasteiger partial charge is 0.465 e. The van der Waals surface area contributed by atoms with Gasteiger partial charge in [-0.3, -0.25) is 0 Å². The number of methoxy groups -OCH3 is 1. The third-order valence-electron chi connectivity index (χ3n) is 2.68.